The Labute approximate surface area is 141 Å². The summed E-state index contributed by atoms with van der Waals surface area (Å²) in [5.74, 6) is -1.22. The fourth-order valence-electron chi connectivity index (χ4n) is 2.78. The maximum atomic E-state index is 13.7. The van der Waals surface area contributed by atoms with Crippen LogP contribution in [0.4, 0.5) is 10.1 Å². The SMILES string of the molecule is O=C(C[C@@H]1C(=O)Nc2c(F)cccc21)NCc1nnc(C2CC2)s1. The lowest BCUT2D eigenvalue weighted by Crippen LogP contribution is -2.26. The predicted octanol–water partition coefficient (Wildman–Crippen LogP) is 2.30. The van der Waals surface area contributed by atoms with E-state index in [0.29, 0.717) is 18.0 Å². The number of nitrogens with one attached hydrogen (secondary N) is 2. The molecule has 1 aromatic heterocycles. The number of anilines is 1. The maximum Gasteiger partial charge on any atom is 0.232 e. The fraction of sp³-hybridized carbons (Fsp3) is 0.375. The Morgan fingerprint density at radius 2 is 2.21 bits per heavy atom. The number of halogens is 1. The number of benzene rings is 1. The van der Waals surface area contributed by atoms with Gasteiger partial charge in [0.2, 0.25) is 11.8 Å². The largest absolute Gasteiger partial charge is 0.349 e. The number of fused-ring (bicyclic) bond motifs is 1. The van der Waals surface area contributed by atoms with E-state index in [0.717, 1.165) is 22.9 Å². The smallest absolute Gasteiger partial charge is 0.232 e. The van der Waals surface area contributed by atoms with Crippen LogP contribution in [-0.4, -0.2) is 22.0 Å². The Morgan fingerprint density at radius 3 is 3.00 bits per heavy atom. The van der Waals surface area contributed by atoms with E-state index in [2.05, 4.69) is 20.8 Å². The van der Waals surface area contributed by atoms with Gasteiger partial charge in [-0.1, -0.05) is 23.5 Å². The summed E-state index contributed by atoms with van der Waals surface area (Å²) in [4.78, 5) is 24.1. The second-order valence-corrected chi connectivity index (χ2v) is 7.13. The van der Waals surface area contributed by atoms with E-state index in [4.69, 9.17) is 0 Å². The van der Waals surface area contributed by atoms with Crippen molar-refractivity contribution >= 4 is 28.8 Å². The quantitative estimate of drug-likeness (QED) is 0.870. The highest BCUT2D eigenvalue weighted by molar-refractivity contribution is 7.11. The van der Waals surface area contributed by atoms with E-state index < -0.39 is 11.7 Å². The number of aromatic nitrogens is 2. The van der Waals surface area contributed by atoms with Crippen LogP contribution in [0.3, 0.4) is 0 Å². The number of para-hydroxylation sites is 1. The number of hydrogen-bond donors (Lipinski definition) is 2. The average molecular weight is 346 g/mol. The highest BCUT2D eigenvalue weighted by Crippen LogP contribution is 2.41. The van der Waals surface area contributed by atoms with Crippen molar-refractivity contribution in [3.05, 3.63) is 39.6 Å². The summed E-state index contributed by atoms with van der Waals surface area (Å²) in [6, 6.07) is 4.50. The third-order valence-corrected chi connectivity index (χ3v) is 5.31. The van der Waals surface area contributed by atoms with Crippen LogP contribution in [0.5, 0.6) is 0 Å². The van der Waals surface area contributed by atoms with Gasteiger partial charge in [-0.05, 0) is 24.5 Å². The minimum absolute atomic E-state index is 0.0173. The molecule has 0 saturated heterocycles. The Hall–Kier alpha value is -2.35. The van der Waals surface area contributed by atoms with Gasteiger partial charge in [0.05, 0.1) is 18.2 Å². The van der Waals surface area contributed by atoms with Crippen LogP contribution in [0.1, 0.15) is 46.7 Å². The molecule has 1 aromatic carbocycles. The zero-order valence-corrected chi connectivity index (χ0v) is 13.5. The van der Waals surface area contributed by atoms with Gasteiger partial charge in [0.25, 0.3) is 0 Å². The van der Waals surface area contributed by atoms with E-state index in [1.54, 1.807) is 12.1 Å². The van der Waals surface area contributed by atoms with E-state index in [1.807, 2.05) is 0 Å². The fourth-order valence-corrected chi connectivity index (χ4v) is 3.73. The third-order valence-electron chi connectivity index (χ3n) is 4.22. The van der Waals surface area contributed by atoms with Gasteiger partial charge in [-0.2, -0.15) is 0 Å². The highest BCUT2D eigenvalue weighted by Gasteiger charge is 2.34. The first-order valence-electron chi connectivity index (χ1n) is 7.80. The molecule has 1 aliphatic carbocycles. The molecule has 2 aliphatic rings. The summed E-state index contributed by atoms with van der Waals surface area (Å²) in [6.45, 7) is 0.299. The molecular formula is C16H15FN4O2S. The molecule has 0 bridgehead atoms. The maximum absolute atomic E-state index is 13.7. The first-order valence-corrected chi connectivity index (χ1v) is 8.61. The van der Waals surface area contributed by atoms with Gasteiger partial charge in [0.1, 0.15) is 15.8 Å². The molecule has 0 spiro atoms. The van der Waals surface area contributed by atoms with Crippen LogP contribution in [0.25, 0.3) is 0 Å². The zero-order chi connectivity index (χ0) is 16.7. The second kappa shape index (κ2) is 5.94. The second-order valence-electron chi connectivity index (χ2n) is 6.04. The number of carbonyl (C=O) groups is 2. The Bertz CT molecular complexity index is 818. The number of nitrogens with zero attached hydrogens (tertiary/aromatic N) is 2. The number of carbonyl (C=O) groups excluding carboxylic acids is 2. The molecule has 0 unspecified atom stereocenters. The number of hydrogen-bond acceptors (Lipinski definition) is 5. The summed E-state index contributed by atoms with van der Waals surface area (Å²) >= 11 is 1.51. The minimum Gasteiger partial charge on any atom is -0.349 e. The molecule has 2 aromatic rings. The van der Waals surface area contributed by atoms with Crippen LogP contribution in [-0.2, 0) is 16.1 Å². The molecule has 2 heterocycles. The molecule has 4 rings (SSSR count). The van der Waals surface area contributed by atoms with Crippen molar-refractivity contribution in [3.63, 3.8) is 0 Å². The molecule has 1 atom stereocenters. The topological polar surface area (TPSA) is 84.0 Å². The molecule has 124 valence electrons. The molecule has 1 saturated carbocycles. The zero-order valence-electron chi connectivity index (χ0n) is 12.7. The van der Waals surface area contributed by atoms with Crippen molar-refractivity contribution in [1.29, 1.82) is 0 Å². The Balaban J connectivity index is 1.37. The van der Waals surface area contributed by atoms with Gasteiger partial charge >= 0.3 is 0 Å². The van der Waals surface area contributed by atoms with Crippen molar-refractivity contribution in [3.8, 4) is 0 Å². The van der Waals surface area contributed by atoms with Gasteiger partial charge in [0, 0.05) is 12.3 Å². The van der Waals surface area contributed by atoms with Crippen molar-refractivity contribution < 1.29 is 14.0 Å². The van der Waals surface area contributed by atoms with E-state index in [-0.39, 0.29) is 23.9 Å². The lowest BCUT2D eigenvalue weighted by molar-refractivity contribution is -0.125. The van der Waals surface area contributed by atoms with Gasteiger partial charge in [0.15, 0.2) is 0 Å². The monoisotopic (exact) mass is 346 g/mol. The standard InChI is InChI=1S/C16H15FN4O2S/c17-11-3-1-2-9-10(15(23)19-14(9)11)6-12(22)18-7-13-20-21-16(24-13)8-4-5-8/h1-3,8,10H,4-7H2,(H,18,22)(H,19,23)/t10-/m0/s1. The van der Waals surface area contributed by atoms with Crippen LogP contribution in [0, 0.1) is 5.82 Å². The van der Waals surface area contributed by atoms with Crippen molar-refractivity contribution in [2.45, 2.75) is 37.6 Å². The lowest BCUT2D eigenvalue weighted by atomic mass is 9.97. The van der Waals surface area contributed by atoms with Gasteiger partial charge in [-0.15, -0.1) is 10.2 Å². The van der Waals surface area contributed by atoms with Crippen LogP contribution in [0.15, 0.2) is 18.2 Å². The van der Waals surface area contributed by atoms with Crippen LogP contribution >= 0.6 is 11.3 Å². The first kappa shape index (κ1) is 15.2. The average Bonchev–Trinajstić information content (AvgIpc) is 3.22. The first-order chi connectivity index (χ1) is 11.6. The third kappa shape index (κ3) is 2.89. The molecule has 1 fully saturated rings. The summed E-state index contributed by atoms with van der Waals surface area (Å²) < 4.78 is 13.7. The molecular weight excluding hydrogens is 331 g/mol. The molecule has 2 N–H and O–H groups in total. The molecule has 8 heteroatoms. The summed E-state index contributed by atoms with van der Waals surface area (Å²) in [7, 11) is 0. The van der Waals surface area contributed by atoms with E-state index in [1.165, 1.54) is 17.4 Å². The number of rotatable bonds is 5. The van der Waals surface area contributed by atoms with Crippen LogP contribution in [0.2, 0.25) is 0 Å². The normalized spacial score (nSPS) is 19.0. The van der Waals surface area contributed by atoms with Crippen molar-refractivity contribution in [2.24, 2.45) is 0 Å². The summed E-state index contributed by atoms with van der Waals surface area (Å²) in [5, 5.41) is 15.2. The van der Waals surface area contributed by atoms with Crippen LogP contribution < -0.4 is 10.6 Å². The Kier molecular flexibility index (Phi) is 3.76. The molecule has 0 radical (unpaired) electrons. The predicted molar refractivity (Wildman–Crippen MR) is 86.1 cm³/mol. The van der Waals surface area contributed by atoms with Gasteiger partial charge < -0.3 is 10.6 Å². The van der Waals surface area contributed by atoms with Crippen molar-refractivity contribution in [1.82, 2.24) is 15.5 Å². The summed E-state index contributed by atoms with van der Waals surface area (Å²) in [5.41, 5.74) is 0.709. The summed E-state index contributed by atoms with van der Waals surface area (Å²) in [6.07, 6.45) is 2.30. The van der Waals surface area contributed by atoms with Gasteiger partial charge in [-0.25, -0.2) is 4.39 Å². The lowest BCUT2D eigenvalue weighted by Gasteiger charge is -2.08. The molecule has 24 heavy (non-hydrogen) atoms. The van der Waals surface area contributed by atoms with E-state index >= 15 is 0 Å². The van der Waals surface area contributed by atoms with Gasteiger partial charge in [-0.3, -0.25) is 9.59 Å². The number of amides is 2. The Morgan fingerprint density at radius 1 is 1.38 bits per heavy atom. The molecule has 6 nitrogen and oxygen atoms in total. The molecule has 2 amide bonds. The van der Waals surface area contributed by atoms with E-state index in [9.17, 15) is 14.0 Å². The highest BCUT2D eigenvalue weighted by atomic mass is 32.1. The van der Waals surface area contributed by atoms with Crippen molar-refractivity contribution in [2.75, 3.05) is 5.32 Å². The minimum atomic E-state index is -0.660. The molecule has 1 aliphatic heterocycles.